The van der Waals surface area contributed by atoms with Gasteiger partial charge in [0, 0.05) is 11.8 Å². The number of benzene rings is 2. The van der Waals surface area contributed by atoms with Gasteiger partial charge >= 0.3 is 0 Å². The highest BCUT2D eigenvalue weighted by Gasteiger charge is 2.00. The van der Waals surface area contributed by atoms with E-state index in [1.807, 2.05) is 55.5 Å². The average Bonchev–Trinajstić information content (AvgIpc) is 2.59. The second-order valence-corrected chi connectivity index (χ2v) is 5.58. The van der Waals surface area contributed by atoms with Crippen molar-refractivity contribution in [1.29, 1.82) is 0 Å². The van der Waals surface area contributed by atoms with Gasteiger partial charge in [-0.15, -0.1) is 0 Å². The van der Waals surface area contributed by atoms with E-state index in [1.165, 1.54) is 5.56 Å². The molecule has 0 aromatic heterocycles. The van der Waals surface area contributed by atoms with E-state index in [-0.39, 0.29) is 0 Å². The van der Waals surface area contributed by atoms with Crippen molar-refractivity contribution < 1.29 is 9.47 Å². The number of thiocarbonyl (C=S) groups is 1. The average molecular weight is 342 g/mol. The fourth-order valence-corrected chi connectivity index (χ4v) is 2.18. The van der Waals surface area contributed by atoms with Crippen molar-refractivity contribution >= 4 is 23.0 Å². The molecular weight excluding hydrogens is 320 g/mol. The van der Waals surface area contributed by atoms with E-state index < -0.39 is 0 Å². The van der Waals surface area contributed by atoms with E-state index >= 15 is 0 Å². The second-order valence-electron chi connectivity index (χ2n) is 5.17. The van der Waals surface area contributed by atoms with Crippen LogP contribution in [0.15, 0.2) is 61.2 Å². The maximum absolute atomic E-state index is 5.65. The maximum Gasteiger partial charge on any atom is 0.170 e. The Morgan fingerprint density at radius 1 is 1.12 bits per heavy atom. The lowest BCUT2D eigenvalue weighted by Crippen LogP contribution is -2.31. The zero-order valence-electron chi connectivity index (χ0n) is 13.7. The van der Waals surface area contributed by atoms with Crippen molar-refractivity contribution in [2.75, 3.05) is 25.1 Å². The van der Waals surface area contributed by atoms with Gasteiger partial charge in [-0.2, -0.15) is 0 Å². The highest BCUT2D eigenvalue weighted by molar-refractivity contribution is 7.80. The Morgan fingerprint density at radius 3 is 2.67 bits per heavy atom. The van der Waals surface area contributed by atoms with Gasteiger partial charge in [-0.25, -0.2) is 0 Å². The fourth-order valence-electron chi connectivity index (χ4n) is 1.96. The SMILES string of the molecule is C=CCOc1cccc(NC(=S)NCCOc2ccc(C)cc2)c1. The monoisotopic (exact) mass is 342 g/mol. The summed E-state index contributed by atoms with van der Waals surface area (Å²) in [7, 11) is 0. The molecule has 5 heteroatoms. The Labute approximate surface area is 148 Å². The first-order valence-corrected chi connectivity index (χ1v) is 8.16. The highest BCUT2D eigenvalue weighted by Crippen LogP contribution is 2.17. The van der Waals surface area contributed by atoms with Crippen LogP contribution in [-0.4, -0.2) is 24.9 Å². The van der Waals surface area contributed by atoms with Gasteiger partial charge < -0.3 is 20.1 Å². The zero-order valence-corrected chi connectivity index (χ0v) is 14.6. The van der Waals surface area contributed by atoms with E-state index in [0.717, 1.165) is 17.2 Å². The number of nitrogens with one attached hydrogen (secondary N) is 2. The Bertz CT molecular complexity index is 671. The summed E-state index contributed by atoms with van der Waals surface area (Å²) >= 11 is 5.28. The van der Waals surface area contributed by atoms with Gasteiger partial charge in [0.2, 0.25) is 0 Å². The molecule has 2 rings (SSSR count). The van der Waals surface area contributed by atoms with Gasteiger partial charge in [0.1, 0.15) is 24.7 Å². The van der Waals surface area contributed by atoms with E-state index in [1.54, 1.807) is 6.08 Å². The smallest absolute Gasteiger partial charge is 0.170 e. The summed E-state index contributed by atoms with van der Waals surface area (Å²) in [4.78, 5) is 0. The fraction of sp³-hybridized carbons (Fsp3) is 0.211. The number of ether oxygens (including phenoxy) is 2. The van der Waals surface area contributed by atoms with Crippen molar-refractivity contribution in [2.45, 2.75) is 6.92 Å². The lowest BCUT2D eigenvalue weighted by Gasteiger charge is -2.12. The van der Waals surface area contributed by atoms with Crippen LogP contribution in [0.25, 0.3) is 0 Å². The third kappa shape index (κ3) is 6.30. The lowest BCUT2D eigenvalue weighted by atomic mass is 10.2. The predicted octanol–water partition coefficient (Wildman–Crippen LogP) is 3.93. The maximum atomic E-state index is 5.65. The van der Waals surface area contributed by atoms with E-state index in [4.69, 9.17) is 21.7 Å². The summed E-state index contributed by atoms with van der Waals surface area (Å²) in [5, 5.41) is 6.78. The van der Waals surface area contributed by atoms with Crippen molar-refractivity contribution in [2.24, 2.45) is 0 Å². The minimum absolute atomic E-state index is 0.475. The minimum Gasteiger partial charge on any atom is -0.492 e. The zero-order chi connectivity index (χ0) is 17.2. The molecule has 24 heavy (non-hydrogen) atoms. The lowest BCUT2D eigenvalue weighted by molar-refractivity contribution is 0.322. The number of hydrogen-bond acceptors (Lipinski definition) is 3. The summed E-state index contributed by atoms with van der Waals surface area (Å²) in [5.41, 5.74) is 2.08. The van der Waals surface area contributed by atoms with Crippen molar-refractivity contribution in [3.63, 3.8) is 0 Å². The van der Waals surface area contributed by atoms with Crippen LogP contribution >= 0.6 is 12.2 Å². The summed E-state index contributed by atoms with van der Waals surface area (Å²) in [5.74, 6) is 1.62. The molecule has 2 aromatic carbocycles. The number of anilines is 1. The van der Waals surface area contributed by atoms with Crippen LogP contribution in [-0.2, 0) is 0 Å². The molecule has 0 amide bonds. The molecule has 0 aliphatic heterocycles. The molecule has 0 heterocycles. The number of hydrogen-bond donors (Lipinski definition) is 2. The molecule has 0 saturated heterocycles. The first kappa shape index (κ1) is 17.8. The van der Waals surface area contributed by atoms with E-state index in [2.05, 4.69) is 17.2 Å². The first-order chi connectivity index (χ1) is 11.7. The molecule has 126 valence electrons. The van der Waals surface area contributed by atoms with Crippen LogP contribution in [0.4, 0.5) is 5.69 Å². The molecule has 0 fully saturated rings. The standard InChI is InChI=1S/C19H22N2O2S/c1-3-12-22-18-6-4-5-16(14-18)21-19(24)20-11-13-23-17-9-7-15(2)8-10-17/h3-10,14H,1,11-13H2,2H3,(H2,20,21,24). The Kier molecular flexibility index (Phi) is 7.11. The Hall–Kier alpha value is -2.53. The molecule has 4 nitrogen and oxygen atoms in total. The number of rotatable bonds is 8. The van der Waals surface area contributed by atoms with Crippen LogP contribution in [0.5, 0.6) is 11.5 Å². The van der Waals surface area contributed by atoms with Crippen LogP contribution < -0.4 is 20.1 Å². The normalized spacial score (nSPS) is 9.88. The molecule has 0 unspecified atom stereocenters. The molecule has 2 aromatic rings. The van der Waals surface area contributed by atoms with Crippen LogP contribution in [0.3, 0.4) is 0 Å². The van der Waals surface area contributed by atoms with Gasteiger partial charge in [-0.05, 0) is 43.4 Å². The molecule has 0 atom stereocenters. The largest absolute Gasteiger partial charge is 0.492 e. The Morgan fingerprint density at radius 2 is 1.92 bits per heavy atom. The highest BCUT2D eigenvalue weighted by atomic mass is 32.1. The second kappa shape index (κ2) is 9.57. The molecule has 0 saturated carbocycles. The van der Waals surface area contributed by atoms with Crippen LogP contribution in [0, 0.1) is 6.92 Å². The van der Waals surface area contributed by atoms with Crippen LogP contribution in [0.1, 0.15) is 5.56 Å². The van der Waals surface area contributed by atoms with Gasteiger partial charge in [0.15, 0.2) is 5.11 Å². The molecule has 0 aliphatic carbocycles. The summed E-state index contributed by atoms with van der Waals surface area (Å²) in [6.07, 6.45) is 1.71. The topological polar surface area (TPSA) is 42.5 Å². The quantitative estimate of drug-likeness (QED) is 0.432. The molecular formula is C19H22N2O2S. The van der Waals surface area contributed by atoms with Crippen molar-refractivity contribution in [1.82, 2.24) is 5.32 Å². The summed E-state index contributed by atoms with van der Waals surface area (Å²) in [6.45, 7) is 7.31. The van der Waals surface area contributed by atoms with Gasteiger partial charge in [0.05, 0.1) is 6.54 Å². The van der Waals surface area contributed by atoms with E-state index in [0.29, 0.717) is 24.9 Å². The van der Waals surface area contributed by atoms with Crippen molar-refractivity contribution in [3.8, 4) is 11.5 Å². The molecule has 0 spiro atoms. The number of aryl methyl sites for hydroxylation is 1. The Balaban J connectivity index is 1.71. The van der Waals surface area contributed by atoms with E-state index in [9.17, 15) is 0 Å². The molecule has 0 aliphatic rings. The molecule has 0 radical (unpaired) electrons. The third-order valence-electron chi connectivity index (χ3n) is 3.14. The minimum atomic E-state index is 0.475. The molecule has 0 bridgehead atoms. The summed E-state index contributed by atoms with van der Waals surface area (Å²) in [6, 6.07) is 15.6. The van der Waals surface area contributed by atoms with Crippen LogP contribution in [0.2, 0.25) is 0 Å². The summed E-state index contributed by atoms with van der Waals surface area (Å²) < 4.78 is 11.1. The predicted molar refractivity (Wildman–Crippen MR) is 103 cm³/mol. The third-order valence-corrected chi connectivity index (χ3v) is 3.38. The van der Waals surface area contributed by atoms with Gasteiger partial charge in [-0.3, -0.25) is 0 Å². The van der Waals surface area contributed by atoms with Gasteiger partial charge in [0.25, 0.3) is 0 Å². The van der Waals surface area contributed by atoms with Gasteiger partial charge in [-0.1, -0.05) is 36.4 Å². The van der Waals surface area contributed by atoms with Crippen molar-refractivity contribution in [3.05, 3.63) is 66.7 Å². The molecule has 2 N–H and O–H groups in total. The first-order valence-electron chi connectivity index (χ1n) is 7.75.